The lowest BCUT2D eigenvalue weighted by molar-refractivity contribution is 0.632. The maximum atomic E-state index is 13.7. The molecular formula is C17H16FN5. The molecule has 2 aromatic heterocycles. The van der Waals surface area contributed by atoms with Gasteiger partial charge in [0.15, 0.2) is 0 Å². The molecule has 0 bridgehead atoms. The minimum absolute atomic E-state index is 0.327. The summed E-state index contributed by atoms with van der Waals surface area (Å²) in [5, 5.41) is 6.17. The third-order valence-corrected chi connectivity index (χ3v) is 3.15. The molecule has 2 N–H and O–H groups in total. The van der Waals surface area contributed by atoms with E-state index in [2.05, 4.69) is 25.6 Å². The van der Waals surface area contributed by atoms with E-state index in [-0.39, 0.29) is 5.82 Å². The highest BCUT2D eigenvalue weighted by Gasteiger charge is 2.05. The monoisotopic (exact) mass is 309 g/mol. The maximum absolute atomic E-state index is 13.7. The Morgan fingerprint density at radius 2 is 1.78 bits per heavy atom. The van der Waals surface area contributed by atoms with Crippen molar-refractivity contribution in [2.24, 2.45) is 0 Å². The second kappa shape index (κ2) is 6.83. The van der Waals surface area contributed by atoms with Gasteiger partial charge in [-0.1, -0.05) is 18.2 Å². The summed E-state index contributed by atoms with van der Waals surface area (Å²) < 4.78 is 13.7. The fourth-order valence-electron chi connectivity index (χ4n) is 2.11. The van der Waals surface area contributed by atoms with E-state index >= 15 is 0 Å². The summed E-state index contributed by atoms with van der Waals surface area (Å²) in [4.78, 5) is 12.9. The van der Waals surface area contributed by atoms with E-state index in [0.717, 1.165) is 5.69 Å². The number of hydrogen-bond acceptors (Lipinski definition) is 5. The molecule has 0 atom stereocenters. The van der Waals surface area contributed by atoms with Crippen LogP contribution in [0.2, 0.25) is 0 Å². The van der Waals surface area contributed by atoms with Crippen molar-refractivity contribution in [3.8, 4) is 0 Å². The molecule has 0 aliphatic rings. The summed E-state index contributed by atoms with van der Waals surface area (Å²) >= 11 is 0. The van der Waals surface area contributed by atoms with Gasteiger partial charge in [-0.05, 0) is 31.2 Å². The topological polar surface area (TPSA) is 62.7 Å². The number of pyridine rings is 1. The largest absolute Gasteiger partial charge is 0.364 e. The lowest BCUT2D eigenvalue weighted by atomic mass is 10.3. The minimum Gasteiger partial charge on any atom is -0.364 e. The summed E-state index contributed by atoms with van der Waals surface area (Å²) in [5.41, 5.74) is 1.29. The molecule has 3 rings (SSSR count). The van der Waals surface area contributed by atoms with E-state index in [1.54, 1.807) is 37.4 Å². The van der Waals surface area contributed by atoms with Crippen LogP contribution in [0, 0.1) is 12.7 Å². The van der Waals surface area contributed by atoms with Crippen LogP contribution in [0.5, 0.6) is 0 Å². The van der Waals surface area contributed by atoms with Gasteiger partial charge in [0.25, 0.3) is 0 Å². The minimum atomic E-state index is -0.327. The first-order valence-corrected chi connectivity index (χ1v) is 7.22. The molecule has 2 heterocycles. The fraction of sp³-hybridized carbons (Fsp3) is 0.118. The number of anilines is 3. The molecule has 5 nitrogen and oxygen atoms in total. The Labute approximate surface area is 133 Å². The Kier molecular flexibility index (Phi) is 4.42. The van der Waals surface area contributed by atoms with Gasteiger partial charge in [-0.2, -0.15) is 0 Å². The van der Waals surface area contributed by atoms with Gasteiger partial charge in [-0.3, -0.25) is 4.98 Å². The first-order valence-electron chi connectivity index (χ1n) is 7.22. The molecule has 0 radical (unpaired) electrons. The number of para-hydroxylation sites is 1. The average Bonchev–Trinajstić information content (AvgIpc) is 2.56. The zero-order valence-corrected chi connectivity index (χ0v) is 12.6. The number of benzene rings is 1. The van der Waals surface area contributed by atoms with Crippen LogP contribution < -0.4 is 10.6 Å². The second-order valence-corrected chi connectivity index (χ2v) is 4.97. The third-order valence-electron chi connectivity index (χ3n) is 3.15. The van der Waals surface area contributed by atoms with Gasteiger partial charge in [-0.25, -0.2) is 14.4 Å². The van der Waals surface area contributed by atoms with Crippen molar-refractivity contribution in [2.45, 2.75) is 13.5 Å². The summed E-state index contributed by atoms with van der Waals surface area (Å²) in [6, 6.07) is 13.9. The van der Waals surface area contributed by atoms with Gasteiger partial charge in [0, 0.05) is 12.3 Å². The Morgan fingerprint density at radius 1 is 1.00 bits per heavy atom. The van der Waals surface area contributed by atoms with E-state index in [1.807, 2.05) is 18.2 Å². The predicted molar refractivity (Wildman–Crippen MR) is 88.0 cm³/mol. The van der Waals surface area contributed by atoms with Gasteiger partial charge >= 0.3 is 0 Å². The molecule has 0 amide bonds. The van der Waals surface area contributed by atoms with Crippen LogP contribution in [0.1, 0.15) is 11.5 Å². The van der Waals surface area contributed by atoms with Crippen LogP contribution in [0.15, 0.2) is 54.7 Å². The van der Waals surface area contributed by atoms with Gasteiger partial charge < -0.3 is 10.6 Å². The SMILES string of the molecule is Cc1nc(NCc2ccccn2)cc(Nc2ccccc2F)n1. The zero-order chi connectivity index (χ0) is 16.1. The molecule has 23 heavy (non-hydrogen) atoms. The van der Waals surface area contributed by atoms with Gasteiger partial charge in [0.2, 0.25) is 0 Å². The van der Waals surface area contributed by atoms with Gasteiger partial charge in [-0.15, -0.1) is 0 Å². The molecule has 0 aliphatic carbocycles. The summed E-state index contributed by atoms with van der Waals surface area (Å²) in [5.74, 6) is 1.45. The van der Waals surface area contributed by atoms with Gasteiger partial charge in [0.05, 0.1) is 17.9 Å². The molecule has 0 aliphatic heterocycles. The Bertz CT molecular complexity index is 792. The Hall–Kier alpha value is -3.02. The molecule has 0 unspecified atom stereocenters. The van der Waals surface area contributed by atoms with E-state index in [1.165, 1.54) is 6.07 Å². The number of aromatic nitrogens is 3. The number of nitrogens with one attached hydrogen (secondary N) is 2. The van der Waals surface area contributed by atoms with Gasteiger partial charge in [0.1, 0.15) is 23.3 Å². The van der Waals surface area contributed by atoms with Crippen LogP contribution in [-0.4, -0.2) is 15.0 Å². The Morgan fingerprint density at radius 3 is 2.57 bits per heavy atom. The smallest absolute Gasteiger partial charge is 0.146 e. The molecule has 1 aromatic carbocycles. The first kappa shape index (κ1) is 14.9. The summed E-state index contributed by atoms with van der Waals surface area (Å²) in [6.45, 7) is 2.34. The number of halogens is 1. The normalized spacial score (nSPS) is 10.3. The van der Waals surface area contributed by atoms with Crippen LogP contribution in [0.3, 0.4) is 0 Å². The van der Waals surface area contributed by atoms with Crippen LogP contribution in [0.25, 0.3) is 0 Å². The molecular weight excluding hydrogens is 293 g/mol. The molecule has 3 aromatic rings. The van der Waals surface area contributed by atoms with Crippen molar-refractivity contribution in [3.05, 3.63) is 72.1 Å². The van der Waals surface area contributed by atoms with E-state index in [9.17, 15) is 4.39 Å². The highest BCUT2D eigenvalue weighted by Crippen LogP contribution is 2.20. The summed E-state index contributed by atoms with van der Waals surface area (Å²) in [7, 11) is 0. The zero-order valence-electron chi connectivity index (χ0n) is 12.6. The van der Waals surface area contributed by atoms with Crippen molar-refractivity contribution >= 4 is 17.3 Å². The van der Waals surface area contributed by atoms with Crippen molar-refractivity contribution in [1.82, 2.24) is 15.0 Å². The number of nitrogens with zero attached hydrogens (tertiary/aromatic N) is 3. The highest BCUT2D eigenvalue weighted by atomic mass is 19.1. The summed E-state index contributed by atoms with van der Waals surface area (Å²) in [6.07, 6.45) is 1.74. The van der Waals surface area contributed by atoms with Crippen LogP contribution >= 0.6 is 0 Å². The van der Waals surface area contributed by atoms with Crippen molar-refractivity contribution in [2.75, 3.05) is 10.6 Å². The van der Waals surface area contributed by atoms with Crippen LogP contribution in [-0.2, 0) is 6.54 Å². The second-order valence-electron chi connectivity index (χ2n) is 4.97. The van der Waals surface area contributed by atoms with Crippen molar-refractivity contribution < 1.29 is 4.39 Å². The average molecular weight is 309 g/mol. The molecule has 0 saturated heterocycles. The highest BCUT2D eigenvalue weighted by molar-refractivity contribution is 5.59. The first-order chi connectivity index (χ1) is 11.2. The molecule has 6 heteroatoms. The predicted octanol–water partition coefficient (Wildman–Crippen LogP) is 3.67. The third kappa shape index (κ3) is 4.00. The van der Waals surface area contributed by atoms with E-state index < -0.39 is 0 Å². The molecule has 0 saturated carbocycles. The quantitative estimate of drug-likeness (QED) is 0.753. The van der Waals surface area contributed by atoms with Crippen molar-refractivity contribution in [3.63, 3.8) is 0 Å². The van der Waals surface area contributed by atoms with E-state index in [0.29, 0.717) is 29.7 Å². The van der Waals surface area contributed by atoms with Crippen molar-refractivity contribution in [1.29, 1.82) is 0 Å². The number of hydrogen-bond donors (Lipinski definition) is 2. The fourth-order valence-corrected chi connectivity index (χ4v) is 2.11. The standard InChI is InChI=1S/C17H16FN5/c1-12-21-16(20-11-13-6-4-5-9-19-13)10-17(22-12)23-15-8-3-2-7-14(15)18/h2-10H,11H2,1H3,(H2,20,21,22,23). The number of rotatable bonds is 5. The number of aryl methyl sites for hydroxylation is 1. The molecule has 0 fully saturated rings. The maximum Gasteiger partial charge on any atom is 0.146 e. The van der Waals surface area contributed by atoms with Crippen LogP contribution in [0.4, 0.5) is 21.7 Å². The lowest BCUT2D eigenvalue weighted by Crippen LogP contribution is -2.06. The van der Waals surface area contributed by atoms with E-state index in [4.69, 9.17) is 0 Å². The molecule has 0 spiro atoms. The molecule has 116 valence electrons. The Balaban J connectivity index is 1.75. The lowest BCUT2D eigenvalue weighted by Gasteiger charge is -2.10.